The number of halogens is 4. The van der Waals surface area contributed by atoms with E-state index < -0.39 is 23.7 Å². The fraction of sp³-hybridized carbons (Fsp3) is 0.125. The minimum atomic E-state index is -3.12. The molecule has 14 heavy (non-hydrogen) atoms. The molecule has 0 aromatic heterocycles. The number of rotatable bonds is 3. The molecule has 76 valence electrons. The monoisotopic (exact) mass is 224 g/mol. The maximum Gasteiger partial charge on any atom is 0.387 e. The van der Waals surface area contributed by atoms with E-state index in [0.717, 1.165) is 12.1 Å². The highest BCUT2D eigenvalue weighted by Gasteiger charge is 2.15. The van der Waals surface area contributed by atoms with Crippen LogP contribution in [0, 0.1) is 5.82 Å². The number of hydrogen-bond acceptors (Lipinski definition) is 2. The molecule has 0 bridgehead atoms. The van der Waals surface area contributed by atoms with Crippen molar-refractivity contribution in [1.29, 1.82) is 0 Å². The number of hydrogen-bond donors (Lipinski definition) is 0. The van der Waals surface area contributed by atoms with Crippen molar-refractivity contribution in [2.75, 3.05) is 0 Å². The Morgan fingerprint density at radius 1 is 1.43 bits per heavy atom. The SMILES string of the molecule is O=Cc1c(OC(F)F)ccc(Cl)c1F. The van der Waals surface area contributed by atoms with E-state index in [4.69, 9.17) is 11.6 Å². The minimum Gasteiger partial charge on any atom is -0.434 e. The molecule has 1 aromatic carbocycles. The van der Waals surface area contributed by atoms with Crippen LogP contribution in [0.1, 0.15) is 10.4 Å². The third kappa shape index (κ3) is 2.17. The lowest BCUT2D eigenvalue weighted by Gasteiger charge is -2.07. The molecule has 0 saturated heterocycles. The van der Waals surface area contributed by atoms with Gasteiger partial charge in [0.2, 0.25) is 0 Å². The molecule has 6 heteroatoms. The summed E-state index contributed by atoms with van der Waals surface area (Å²) in [5, 5.41) is -0.325. The summed E-state index contributed by atoms with van der Waals surface area (Å²) in [6, 6.07) is 2.03. The first-order chi connectivity index (χ1) is 6.56. The summed E-state index contributed by atoms with van der Waals surface area (Å²) in [7, 11) is 0. The Morgan fingerprint density at radius 2 is 2.07 bits per heavy atom. The fourth-order valence-corrected chi connectivity index (χ4v) is 1.02. The average molecular weight is 225 g/mol. The Kier molecular flexibility index (Phi) is 3.35. The van der Waals surface area contributed by atoms with Crippen LogP contribution in [0.2, 0.25) is 5.02 Å². The number of alkyl halides is 2. The van der Waals surface area contributed by atoms with Gasteiger partial charge in [0.25, 0.3) is 0 Å². The van der Waals surface area contributed by atoms with E-state index in [1.165, 1.54) is 0 Å². The number of benzene rings is 1. The van der Waals surface area contributed by atoms with Gasteiger partial charge in [-0.05, 0) is 12.1 Å². The Hall–Kier alpha value is -1.23. The van der Waals surface area contributed by atoms with E-state index in [1.807, 2.05) is 0 Å². The topological polar surface area (TPSA) is 26.3 Å². The van der Waals surface area contributed by atoms with Gasteiger partial charge in [-0.25, -0.2) is 4.39 Å². The average Bonchev–Trinajstić information content (AvgIpc) is 2.11. The zero-order chi connectivity index (χ0) is 10.7. The van der Waals surface area contributed by atoms with Gasteiger partial charge in [-0.3, -0.25) is 4.79 Å². The zero-order valence-electron chi connectivity index (χ0n) is 6.64. The van der Waals surface area contributed by atoms with Crippen molar-refractivity contribution >= 4 is 17.9 Å². The van der Waals surface area contributed by atoms with Crippen molar-refractivity contribution in [1.82, 2.24) is 0 Å². The Balaban J connectivity index is 3.17. The molecule has 0 atom stereocenters. The van der Waals surface area contributed by atoms with Gasteiger partial charge >= 0.3 is 6.61 Å². The molecule has 2 nitrogen and oxygen atoms in total. The van der Waals surface area contributed by atoms with Gasteiger partial charge in [-0.1, -0.05) is 11.6 Å². The van der Waals surface area contributed by atoms with Gasteiger partial charge in [0, 0.05) is 0 Å². The molecule has 1 aromatic rings. The summed E-state index contributed by atoms with van der Waals surface area (Å²) in [5.74, 6) is -1.60. The predicted molar refractivity (Wildman–Crippen MR) is 43.4 cm³/mol. The molecular formula is C8H4ClF3O2. The van der Waals surface area contributed by atoms with Crippen molar-refractivity contribution in [3.63, 3.8) is 0 Å². The number of carbonyl (C=O) groups is 1. The van der Waals surface area contributed by atoms with Crippen LogP contribution in [0.4, 0.5) is 13.2 Å². The van der Waals surface area contributed by atoms with E-state index in [9.17, 15) is 18.0 Å². The Morgan fingerprint density at radius 3 is 2.57 bits per heavy atom. The molecule has 0 heterocycles. The third-order valence-corrected chi connectivity index (χ3v) is 1.72. The van der Waals surface area contributed by atoms with Crippen molar-refractivity contribution in [2.24, 2.45) is 0 Å². The van der Waals surface area contributed by atoms with E-state index in [1.54, 1.807) is 0 Å². The minimum absolute atomic E-state index is 0.0684. The van der Waals surface area contributed by atoms with Crippen LogP contribution in [0.15, 0.2) is 12.1 Å². The number of ether oxygens (including phenoxy) is 1. The number of aldehydes is 1. The normalized spacial score (nSPS) is 10.4. The van der Waals surface area contributed by atoms with Gasteiger partial charge in [0.05, 0.1) is 10.6 Å². The van der Waals surface area contributed by atoms with Crippen molar-refractivity contribution in [3.8, 4) is 5.75 Å². The van der Waals surface area contributed by atoms with E-state index >= 15 is 0 Å². The second-order valence-electron chi connectivity index (χ2n) is 2.27. The lowest BCUT2D eigenvalue weighted by molar-refractivity contribution is -0.0502. The van der Waals surface area contributed by atoms with Gasteiger partial charge < -0.3 is 4.74 Å². The second kappa shape index (κ2) is 4.32. The van der Waals surface area contributed by atoms with Crippen molar-refractivity contribution in [2.45, 2.75) is 6.61 Å². The first-order valence-electron chi connectivity index (χ1n) is 3.44. The maximum absolute atomic E-state index is 13.0. The van der Waals surface area contributed by atoms with Crippen LogP contribution < -0.4 is 4.74 Å². The van der Waals surface area contributed by atoms with Crippen LogP contribution in [-0.2, 0) is 0 Å². The lowest BCUT2D eigenvalue weighted by atomic mass is 10.2. The highest BCUT2D eigenvalue weighted by Crippen LogP contribution is 2.26. The van der Waals surface area contributed by atoms with Crippen LogP contribution in [0.25, 0.3) is 0 Å². The number of carbonyl (C=O) groups excluding carboxylic acids is 1. The zero-order valence-corrected chi connectivity index (χ0v) is 7.39. The molecule has 0 aliphatic rings. The van der Waals surface area contributed by atoms with Gasteiger partial charge in [0.15, 0.2) is 12.1 Å². The van der Waals surface area contributed by atoms with E-state index in [0.29, 0.717) is 0 Å². The summed E-state index contributed by atoms with van der Waals surface area (Å²) in [6.45, 7) is -3.12. The largest absolute Gasteiger partial charge is 0.434 e. The molecule has 0 unspecified atom stereocenters. The van der Waals surface area contributed by atoms with Gasteiger partial charge in [-0.2, -0.15) is 8.78 Å². The van der Waals surface area contributed by atoms with Crippen LogP contribution in [0.3, 0.4) is 0 Å². The molecule has 0 radical (unpaired) electrons. The second-order valence-corrected chi connectivity index (χ2v) is 2.68. The van der Waals surface area contributed by atoms with Crippen LogP contribution in [-0.4, -0.2) is 12.9 Å². The molecule has 0 saturated carbocycles. The third-order valence-electron chi connectivity index (χ3n) is 1.43. The molecule has 0 N–H and O–H groups in total. The molecule has 0 amide bonds. The fourth-order valence-electron chi connectivity index (χ4n) is 0.857. The first kappa shape index (κ1) is 10.8. The lowest BCUT2D eigenvalue weighted by Crippen LogP contribution is -2.05. The summed E-state index contributed by atoms with van der Waals surface area (Å²) in [5.41, 5.74) is -0.613. The van der Waals surface area contributed by atoms with Gasteiger partial charge in [-0.15, -0.1) is 0 Å². The maximum atomic E-state index is 13.0. The molecule has 1 rings (SSSR count). The molecular weight excluding hydrogens is 221 g/mol. The Labute approximate surface area is 82.2 Å². The summed E-state index contributed by atoms with van der Waals surface area (Å²) >= 11 is 5.32. The van der Waals surface area contributed by atoms with Crippen molar-refractivity contribution < 1.29 is 22.7 Å². The first-order valence-corrected chi connectivity index (χ1v) is 3.82. The van der Waals surface area contributed by atoms with Crippen molar-refractivity contribution in [3.05, 3.63) is 28.5 Å². The predicted octanol–water partition coefficient (Wildman–Crippen LogP) is 2.89. The van der Waals surface area contributed by atoms with Crippen LogP contribution >= 0.6 is 11.6 Å². The van der Waals surface area contributed by atoms with Gasteiger partial charge in [0.1, 0.15) is 5.75 Å². The summed E-state index contributed by atoms with van der Waals surface area (Å²) in [6.07, 6.45) is 0.0684. The quantitative estimate of drug-likeness (QED) is 0.738. The molecule has 0 fully saturated rings. The summed E-state index contributed by atoms with van der Waals surface area (Å²) < 4.78 is 40.5. The molecule has 0 spiro atoms. The highest BCUT2D eigenvalue weighted by molar-refractivity contribution is 6.31. The molecule has 0 aliphatic heterocycles. The smallest absolute Gasteiger partial charge is 0.387 e. The van der Waals surface area contributed by atoms with Crippen LogP contribution in [0.5, 0.6) is 5.75 Å². The molecule has 0 aliphatic carbocycles. The van der Waals surface area contributed by atoms with E-state index in [-0.39, 0.29) is 11.3 Å². The summed E-state index contributed by atoms with van der Waals surface area (Å²) in [4.78, 5) is 10.4. The Bertz CT molecular complexity index is 355. The highest BCUT2D eigenvalue weighted by atomic mass is 35.5. The standard InChI is InChI=1S/C8H4ClF3O2/c9-5-1-2-6(14-8(11)12)4(3-13)7(5)10/h1-3,8H. The van der Waals surface area contributed by atoms with E-state index in [2.05, 4.69) is 4.74 Å².